The van der Waals surface area contributed by atoms with Gasteiger partial charge in [-0.3, -0.25) is 4.79 Å². The minimum atomic E-state index is -2.28. The van der Waals surface area contributed by atoms with Crippen LogP contribution in [0.25, 0.3) is 0 Å². The van der Waals surface area contributed by atoms with Gasteiger partial charge in [0.15, 0.2) is 0 Å². The van der Waals surface area contributed by atoms with Crippen molar-refractivity contribution in [2.24, 2.45) is 0 Å². The Balaban J connectivity index is 2.05. The van der Waals surface area contributed by atoms with E-state index in [1.54, 1.807) is 0 Å². The lowest BCUT2D eigenvalue weighted by atomic mass is 10.0. The number of hydrogen-bond acceptors (Lipinski definition) is 2. The summed E-state index contributed by atoms with van der Waals surface area (Å²) in [5.41, 5.74) is 0. The molecule has 7 heteroatoms. The van der Waals surface area contributed by atoms with Crippen LogP contribution in [-0.4, -0.2) is 5.97 Å². The zero-order valence-electron chi connectivity index (χ0n) is 18.5. The summed E-state index contributed by atoms with van der Waals surface area (Å²) < 4.78 is 70.5. The monoisotopic (exact) mass is 450 g/mol. The summed E-state index contributed by atoms with van der Waals surface area (Å²) in [6.45, 7) is 2.22. The lowest BCUT2D eigenvalue weighted by Gasteiger charge is -2.08. The molecule has 0 radical (unpaired) electrons. The molecule has 0 aliphatic rings. The molecule has 0 spiro atoms. The Morgan fingerprint density at radius 2 is 0.871 bits per heavy atom. The summed E-state index contributed by atoms with van der Waals surface area (Å²) in [5.74, 6) is -13.4. The van der Waals surface area contributed by atoms with Crippen molar-refractivity contribution in [1.82, 2.24) is 0 Å². The number of halogens is 5. The molecule has 0 atom stereocenters. The van der Waals surface area contributed by atoms with Gasteiger partial charge in [0.05, 0.1) is 0 Å². The van der Waals surface area contributed by atoms with Crippen LogP contribution in [0.3, 0.4) is 0 Å². The van der Waals surface area contributed by atoms with E-state index in [1.165, 1.54) is 64.2 Å². The van der Waals surface area contributed by atoms with Gasteiger partial charge in [-0.15, -0.1) is 0 Å². The summed E-state index contributed by atoms with van der Waals surface area (Å²) in [7, 11) is 0. The molecule has 0 heterocycles. The van der Waals surface area contributed by atoms with E-state index in [0.29, 0.717) is 6.42 Å². The molecule has 0 saturated carbocycles. The number of unbranched alkanes of at least 4 members (excludes halogenated alkanes) is 14. The van der Waals surface area contributed by atoms with E-state index >= 15 is 0 Å². The van der Waals surface area contributed by atoms with Crippen molar-refractivity contribution in [3.63, 3.8) is 0 Å². The van der Waals surface area contributed by atoms with Crippen molar-refractivity contribution in [2.75, 3.05) is 0 Å². The maximum Gasteiger partial charge on any atom is 0.311 e. The van der Waals surface area contributed by atoms with Crippen molar-refractivity contribution in [3.8, 4) is 5.75 Å². The first kappa shape index (κ1) is 27.4. The highest BCUT2D eigenvalue weighted by Crippen LogP contribution is 2.29. The Morgan fingerprint density at radius 1 is 0.548 bits per heavy atom. The van der Waals surface area contributed by atoms with Crippen molar-refractivity contribution >= 4 is 5.97 Å². The normalized spacial score (nSPS) is 11.2. The average molecular weight is 451 g/mol. The van der Waals surface area contributed by atoms with Crippen LogP contribution in [0.4, 0.5) is 22.0 Å². The Labute approximate surface area is 182 Å². The van der Waals surface area contributed by atoms with Crippen molar-refractivity contribution in [3.05, 3.63) is 29.1 Å². The highest BCUT2D eigenvalue weighted by Gasteiger charge is 2.28. The molecule has 0 unspecified atom stereocenters. The first-order valence-electron chi connectivity index (χ1n) is 11.6. The van der Waals surface area contributed by atoms with E-state index in [2.05, 4.69) is 11.7 Å². The molecule has 1 rings (SSSR count). The van der Waals surface area contributed by atoms with E-state index in [0.717, 1.165) is 25.7 Å². The Morgan fingerprint density at radius 3 is 1.26 bits per heavy atom. The fourth-order valence-electron chi connectivity index (χ4n) is 3.48. The molecule has 0 aliphatic carbocycles. The van der Waals surface area contributed by atoms with Crippen LogP contribution in [0.5, 0.6) is 5.75 Å². The average Bonchev–Trinajstić information content (AvgIpc) is 2.76. The first-order valence-corrected chi connectivity index (χ1v) is 11.6. The summed E-state index contributed by atoms with van der Waals surface area (Å²) in [6, 6.07) is 0. The number of carbonyl (C=O) groups excluding carboxylic acids is 1. The molecule has 0 aromatic heterocycles. The topological polar surface area (TPSA) is 26.3 Å². The quantitative estimate of drug-likeness (QED) is 0.0593. The van der Waals surface area contributed by atoms with Crippen LogP contribution in [0.1, 0.15) is 110 Å². The van der Waals surface area contributed by atoms with E-state index in [-0.39, 0.29) is 6.42 Å². The predicted octanol–water partition coefficient (Wildman–Crippen LogP) is 8.55. The molecule has 178 valence electrons. The summed E-state index contributed by atoms with van der Waals surface area (Å²) >= 11 is 0. The number of carbonyl (C=O) groups is 1. The summed E-state index contributed by atoms with van der Waals surface area (Å²) in [5, 5.41) is 0. The molecule has 0 aliphatic heterocycles. The zero-order chi connectivity index (χ0) is 23.1. The molecule has 0 fully saturated rings. The van der Waals surface area contributed by atoms with Gasteiger partial charge < -0.3 is 4.74 Å². The van der Waals surface area contributed by atoms with Crippen molar-refractivity contribution in [2.45, 2.75) is 110 Å². The van der Waals surface area contributed by atoms with Gasteiger partial charge in [-0.2, -0.15) is 8.78 Å². The molecular formula is C24H35F5O2. The smallest absolute Gasteiger partial charge is 0.311 e. The molecule has 0 amide bonds. The van der Waals surface area contributed by atoms with Crippen LogP contribution in [0.15, 0.2) is 0 Å². The SMILES string of the molecule is CCCCCCCCCCCCCCCCCC(=O)Oc1c(F)c(F)c(F)c(F)c1F. The second-order valence-corrected chi connectivity index (χ2v) is 8.07. The highest BCUT2D eigenvalue weighted by atomic mass is 19.2. The second-order valence-electron chi connectivity index (χ2n) is 8.07. The van der Waals surface area contributed by atoms with Crippen LogP contribution < -0.4 is 4.74 Å². The molecule has 31 heavy (non-hydrogen) atoms. The van der Waals surface area contributed by atoms with E-state index < -0.39 is 40.8 Å². The molecule has 1 aromatic carbocycles. The number of benzene rings is 1. The van der Waals surface area contributed by atoms with Gasteiger partial charge in [0.1, 0.15) is 0 Å². The van der Waals surface area contributed by atoms with Crippen LogP contribution in [-0.2, 0) is 4.79 Å². The van der Waals surface area contributed by atoms with Crippen LogP contribution in [0.2, 0.25) is 0 Å². The molecule has 1 aromatic rings. The lowest BCUT2D eigenvalue weighted by molar-refractivity contribution is -0.135. The third kappa shape index (κ3) is 10.5. The maximum atomic E-state index is 13.5. The van der Waals surface area contributed by atoms with E-state index in [9.17, 15) is 26.7 Å². The number of hydrogen-bond donors (Lipinski definition) is 0. The van der Waals surface area contributed by atoms with Crippen molar-refractivity contribution in [1.29, 1.82) is 0 Å². The maximum absolute atomic E-state index is 13.5. The standard InChI is InChI=1S/C24H35F5O2/c1-2-3-4-5-6-7-8-9-10-11-12-13-14-15-16-17-18(30)31-24-22(28)20(26)19(25)21(27)23(24)29/h2-17H2,1H3. The molecule has 0 bridgehead atoms. The minimum absolute atomic E-state index is 0.141. The number of esters is 1. The molecular weight excluding hydrogens is 415 g/mol. The van der Waals surface area contributed by atoms with Gasteiger partial charge in [0, 0.05) is 6.42 Å². The van der Waals surface area contributed by atoms with E-state index in [4.69, 9.17) is 0 Å². The molecule has 0 saturated heterocycles. The minimum Gasteiger partial charge on any atom is -0.420 e. The van der Waals surface area contributed by atoms with Gasteiger partial charge in [0.2, 0.25) is 34.8 Å². The van der Waals surface area contributed by atoms with Gasteiger partial charge >= 0.3 is 5.97 Å². The van der Waals surface area contributed by atoms with Gasteiger partial charge in [-0.25, -0.2) is 13.2 Å². The number of rotatable bonds is 17. The Kier molecular flexibility index (Phi) is 14.2. The third-order valence-corrected chi connectivity index (χ3v) is 5.37. The third-order valence-electron chi connectivity index (χ3n) is 5.37. The van der Waals surface area contributed by atoms with Crippen LogP contribution >= 0.6 is 0 Å². The fraction of sp³-hybridized carbons (Fsp3) is 0.708. The van der Waals surface area contributed by atoms with Crippen molar-refractivity contribution < 1.29 is 31.5 Å². The van der Waals surface area contributed by atoms with Gasteiger partial charge in [0.25, 0.3) is 0 Å². The summed E-state index contributed by atoms with van der Waals surface area (Å²) in [4.78, 5) is 11.7. The summed E-state index contributed by atoms with van der Waals surface area (Å²) in [6.07, 6.45) is 17.1. The van der Waals surface area contributed by atoms with Gasteiger partial charge in [-0.1, -0.05) is 96.8 Å². The molecule has 0 N–H and O–H groups in total. The Bertz CT molecular complexity index is 635. The highest BCUT2D eigenvalue weighted by molar-refractivity contribution is 5.72. The van der Waals surface area contributed by atoms with E-state index in [1.807, 2.05) is 0 Å². The molecule has 2 nitrogen and oxygen atoms in total. The van der Waals surface area contributed by atoms with Crippen LogP contribution in [0, 0.1) is 29.1 Å². The zero-order valence-corrected chi connectivity index (χ0v) is 18.5. The first-order chi connectivity index (χ1) is 14.9. The lowest BCUT2D eigenvalue weighted by Crippen LogP contribution is -2.13. The largest absolute Gasteiger partial charge is 0.420 e. The number of ether oxygens (including phenoxy) is 1. The fourth-order valence-corrected chi connectivity index (χ4v) is 3.48. The Hall–Kier alpha value is -1.66. The second kappa shape index (κ2) is 16.0. The van der Waals surface area contributed by atoms with Gasteiger partial charge in [-0.05, 0) is 6.42 Å². The predicted molar refractivity (Wildman–Crippen MR) is 111 cm³/mol.